The summed E-state index contributed by atoms with van der Waals surface area (Å²) in [6.07, 6.45) is 4.04. The second-order valence-corrected chi connectivity index (χ2v) is 6.58. The van der Waals surface area contributed by atoms with Crippen LogP contribution in [-0.2, 0) is 0 Å². The molecule has 98 valence electrons. The molecule has 0 amide bonds. The van der Waals surface area contributed by atoms with Crippen molar-refractivity contribution in [3.8, 4) is 0 Å². The molecule has 1 unspecified atom stereocenters. The van der Waals surface area contributed by atoms with Gasteiger partial charge in [-0.2, -0.15) is 0 Å². The first-order valence-electron chi connectivity index (χ1n) is 6.78. The van der Waals surface area contributed by atoms with E-state index < -0.39 is 0 Å². The Bertz CT molecular complexity index is 429. The van der Waals surface area contributed by atoms with Crippen LogP contribution in [0.15, 0.2) is 18.2 Å². The quantitative estimate of drug-likeness (QED) is 0.652. The van der Waals surface area contributed by atoms with Gasteiger partial charge in [0.2, 0.25) is 0 Å². The molecule has 0 bridgehead atoms. The molecule has 18 heavy (non-hydrogen) atoms. The molecule has 3 nitrogen and oxygen atoms in total. The SMILES string of the molecule is Nc1cc(I)ccc1N1CCC(N2CCCC2)C1. The molecule has 0 aliphatic carbocycles. The minimum atomic E-state index is 0.742. The van der Waals surface area contributed by atoms with Crippen LogP contribution in [0, 0.1) is 3.57 Å². The zero-order valence-corrected chi connectivity index (χ0v) is 12.8. The Hall–Kier alpha value is -0.490. The maximum atomic E-state index is 6.14. The molecule has 0 radical (unpaired) electrons. The fourth-order valence-electron chi connectivity index (χ4n) is 3.18. The van der Waals surface area contributed by atoms with Crippen molar-refractivity contribution >= 4 is 34.0 Å². The standard InChI is InChI=1S/C14H20IN3/c15-11-3-4-14(13(16)9-11)18-8-5-12(10-18)17-6-1-2-7-17/h3-4,9,12H,1-2,5-8,10,16H2. The number of halogens is 1. The van der Waals surface area contributed by atoms with Gasteiger partial charge in [0.15, 0.2) is 0 Å². The average molecular weight is 357 g/mol. The molecule has 4 heteroatoms. The molecule has 2 saturated heterocycles. The molecule has 0 saturated carbocycles. The number of anilines is 2. The molecule has 2 heterocycles. The average Bonchev–Trinajstić information content (AvgIpc) is 2.99. The molecule has 0 aromatic heterocycles. The maximum absolute atomic E-state index is 6.14. The van der Waals surface area contributed by atoms with Gasteiger partial charge >= 0.3 is 0 Å². The van der Waals surface area contributed by atoms with Crippen molar-refractivity contribution in [1.82, 2.24) is 4.90 Å². The summed E-state index contributed by atoms with van der Waals surface area (Å²) in [6.45, 7) is 4.87. The van der Waals surface area contributed by atoms with E-state index >= 15 is 0 Å². The highest BCUT2D eigenvalue weighted by molar-refractivity contribution is 14.1. The molecule has 2 N–H and O–H groups in total. The van der Waals surface area contributed by atoms with Crippen molar-refractivity contribution in [2.45, 2.75) is 25.3 Å². The summed E-state index contributed by atoms with van der Waals surface area (Å²) in [5.41, 5.74) is 8.28. The molecule has 3 rings (SSSR count). The van der Waals surface area contributed by atoms with Crippen molar-refractivity contribution in [2.75, 3.05) is 36.8 Å². The summed E-state index contributed by atoms with van der Waals surface area (Å²) >= 11 is 2.31. The lowest BCUT2D eigenvalue weighted by Crippen LogP contribution is -2.35. The predicted octanol–water partition coefficient (Wildman–Crippen LogP) is 2.55. The monoisotopic (exact) mass is 357 g/mol. The highest BCUT2D eigenvalue weighted by atomic mass is 127. The third-order valence-corrected chi connectivity index (χ3v) is 4.82. The molecular weight excluding hydrogens is 337 g/mol. The van der Waals surface area contributed by atoms with Gasteiger partial charge in [0.1, 0.15) is 0 Å². The third kappa shape index (κ3) is 2.45. The Morgan fingerprint density at radius 1 is 1.17 bits per heavy atom. The van der Waals surface area contributed by atoms with Crippen molar-refractivity contribution in [3.63, 3.8) is 0 Å². The Morgan fingerprint density at radius 3 is 2.67 bits per heavy atom. The zero-order chi connectivity index (χ0) is 12.5. The van der Waals surface area contributed by atoms with Gasteiger partial charge in [-0.3, -0.25) is 4.90 Å². The van der Waals surface area contributed by atoms with Crippen LogP contribution in [0.2, 0.25) is 0 Å². The molecule has 2 aliphatic heterocycles. The van der Waals surface area contributed by atoms with Crippen molar-refractivity contribution in [3.05, 3.63) is 21.8 Å². The maximum Gasteiger partial charge on any atom is 0.0601 e. The van der Waals surface area contributed by atoms with E-state index in [4.69, 9.17) is 5.73 Å². The van der Waals surface area contributed by atoms with Gasteiger partial charge in [-0.1, -0.05) is 0 Å². The van der Waals surface area contributed by atoms with Crippen molar-refractivity contribution in [1.29, 1.82) is 0 Å². The summed E-state index contributed by atoms with van der Waals surface area (Å²) in [5, 5.41) is 0. The molecule has 1 atom stereocenters. The van der Waals surface area contributed by atoms with Crippen molar-refractivity contribution < 1.29 is 0 Å². The number of benzene rings is 1. The molecule has 1 aromatic rings. The van der Waals surface area contributed by atoms with E-state index in [1.807, 2.05) is 0 Å². The molecular formula is C14H20IN3. The first-order chi connectivity index (χ1) is 8.74. The molecule has 1 aromatic carbocycles. The Morgan fingerprint density at radius 2 is 1.94 bits per heavy atom. The molecule has 2 fully saturated rings. The van der Waals surface area contributed by atoms with Crippen LogP contribution in [-0.4, -0.2) is 37.1 Å². The van der Waals surface area contributed by atoms with E-state index in [1.165, 1.54) is 41.6 Å². The molecule has 2 aliphatic rings. The van der Waals surface area contributed by atoms with E-state index in [0.29, 0.717) is 0 Å². The topological polar surface area (TPSA) is 32.5 Å². The Labute approximate surface area is 122 Å². The van der Waals surface area contributed by atoms with E-state index in [-0.39, 0.29) is 0 Å². The lowest BCUT2D eigenvalue weighted by Gasteiger charge is -2.25. The summed E-state index contributed by atoms with van der Waals surface area (Å²) < 4.78 is 1.21. The van der Waals surface area contributed by atoms with Crippen LogP contribution in [0.5, 0.6) is 0 Å². The molecule has 0 spiro atoms. The third-order valence-electron chi connectivity index (χ3n) is 4.15. The van der Waals surface area contributed by atoms with E-state index in [2.05, 4.69) is 50.6 Å². The lowest BCUT2D eigenvalue weighted by atomic mass is 10.2. The minimum Gasteiger partial charge on any atom is -0.397 e. The van der Waals surface area contributed by atoms with E-state index in [9.17, 15) is 0 Å². The Balaban J connectivity index is 1.71. The van der Waals surface area contributed by atoms with Crippen molar-refractivity contribution in [2.24, 2.45) is 0 Å². The van der Waals surface area contributed by atoms with Crippen LogP contribution in [0.4, 0.5) is 11.4 Å². The smallest absolute Gasteiger partial charge is 0.0601 e. The minimum absolute atomic E-state index is 0.742. The summed E-state index contributed by atoms with van der Waals surface area (Å²) in [5.74, 6) is 0. The van der Waals surface area contributed by atoms with Crippen LogP contribution >= 0.6 is 22.6 Å². The Kier molecular flexibility index (Phi) is 3.66. The van der Waals surface area contributed by atoms with Gasteiger partial charge in [0.25, 0.3) is 0 Å². The van der Waals surface area contributed by atoms with Crippen LogP contribution in [0.25, 0.3) is 0 Å². The normalized spacial score (nSPS) is 24.9. The highest BCUT2D eigenvalue weighted by Gasteiger charge is 2.29. The second-order valence-electron chi connectivity index (χ2n) is 5.33. The first-order valence-corrected chi connectivity index (χ1v) is 7.86. The summed E-state index contributed by atoms with van der Waals surface area (Å²) in [4.78, 5) is 5.11. The highest BCUT2D eigenvalue weighted by Crippen LogP contribution is 2.30. The fourth-order valence-corrected chi connectivity index (χ4v) is 3.69. The van der Waals surface area contributed by atoms with Crippen LogP contribution in [0.1, 0.15) is 19.3 Å². The number of nitrogen functional groups attached to an aromatic ring is 1. The van der Waals surface area contributed by atoms with Gasteiger partial charge < -0.3 is 10.6 Å². The van der Waals surface area contributed by atoms with Gasteiger partial charge in [-0.05, 0) is 73.1 Å². The number of likely N-dealkylation sites (tertiary alicyclic amines) is 1. The summed E-state index contributed by atoms with van der Waals surface area (Å²) in [7, 11) is 0. The van der Waals surface area contributed by atoms with Crippen LogP contribution < -0.4 is 10.6 Å². The van der Waals surface area contributed by atoms with Gasteiger partial charge in [0.05, 0.1) is 11.4 Å². The van der Waals surface area contributed by atoms with Gasteiger partial charge in [-0.15, -0.1) is 0 Å². The van der Waals surface area contributed by atoms with Crippen LogP contribution in [0.3, 0.4) is 0 Å². The van der Waals surface area contributed by atoms with Gasteiger partial charge in [-0.25, -0.2) is 0 Å². The number of nitrogens with two attached hydrogens (primary N) is 1. The first kappa shape index (κ1) is 12.5. The van der Waals surface area contributed by atoms with E-state index in [1.54, 1.807) is 0 Å². The van der Waals surface area contributed by atoms with Gasteiger partial charge in [0, 0.05) is 22.7 Å². The predicted molar refractivity (Wildman–Crippen MR) is 85.0 cm³/mol. The summed E-state index contributed by atoms with van der Waals surface area (Å²) in [6, 6.07) is 7.13. The number of hydrogen-bond donors (Lipinski definition) is 1. The lowest BCUT2D eigenvalue weighted by molar-refractivity contribution is 0.260. The second kappa shape index (κ2) is 5.25. The largest absolute Gasteiger partial charge is 0.397 e. The number of hydrogen-bond acceptors (Lipinski definition) is 3. The van der Waals surface area contributed by atoms with E-state index in [0.717, 1.165) is 24.8 Å². The number of rotatable bonds is 2. The number of nitrogens with zero attached hydrogens (tertiary/aromatic N) is 2. The zero-order valence-electron chi connectivity index (χ0n) is 10.6. The fraction of sp³-hybridized carbons (Fsp3) is 0.571.